The molecule has 14 nitrogen and oxygen atoms in total. The molecule has 6 aliphatic rings. The van der Waals surface area contributed by atoms with E-state index < -0.39 is 54.6 Å². The van der Waals surface area contributed by atoms with Gasteiger partial charge in [-0.05, 0) is 106 Å². The van der Waals surface area contributed by atoms with Crippen molar-refractivity contribution in [1.82, 2.24) is 40.4 Å². The van der Waals surface area contributed by atoms with E-state index in [1.807, 2.05) is 26.0 Å². The molecule has 2 aromatic heterocycles. The van der Waals surface area contributed by atoms with Gasteiger partial charge in [-0.25, -0.2) is 28.3 Å². The number of carboxylic acid groups (broad SMARTS) is 1. The Morgan fingerprint density at radius 3 is 1.76 bits per heavy atom. The molecule has 4 bridgehead atoms. The second kappa shape index (κ2) is 18.7. The number of carbonyl (C=O) groups excluding carboxylic acids is 3. The number of rotatable bonds is 10. The molecule has 0 spiro atoms. The highest BCUT2D eigenvalue weighted by Gasteiger charge is 2.43. The van der Waals surface area contributed by atoms with E-state index in [2.05, 4.69) is 88.2 Å². The van der Waals surface area contributed by atoms with Gasteiger partial charge in [0.1, 0.15) is 36.1 Å². The number of ether oxygens (including phenoxy) is 1. The van der Waals surface area contributed by atoms with Crippen molar-refractivity contribution >= 4 is 46.1 Å². The smallest absolute Gasteiger partial charge is 0.407 e. The fraction of sp³-hybridized carbons (Fsp3) is 0.423. The standard InChI is InChI=1S/C52H58F2N8O6/c1-26(2)45(59-51(65)66)49(63)61-24-35(53)22-43(61)47-55-39-15-13-33(20-41(39)57-47)37-18-29-7-9-30-11-12-31(28(5)17-32(37)10-8-29)19-38(30)34-14-16-40-42(21-34)58-48(56-40)44-23-36(54)25-62(44)50(64)46(27(3)4)60-52(67)68-6/h8,10-16,18-21,26-28,35-36,43-46,59H,7,9,17,22-25H2,1-6H3,(H,55,57)(H,56,58)(H,60,67)(H,65,66)/t28-,35-,36-,43+,44+,45+,46+/m1/s1. The lowest BCUT2D eigenvalue weighted by Crippen LogP contribution is -2.51. The third-order valence-electron chi connectivity index (χ3n) is 14.0. The Bertz CT molecular complexity index is 2910. The van der Waals surface area contributed by atoms with Gasteiger partial charge in [0.05, 0.1) is 54.3 Å². The van der Waals surface area contributed by atoms with Crippen LogP contribution in [0.2, 0.25) is 0 Å². The average Bonchev–Trinajstić information content (AvgIpc) is 4.12. The van der Waals surface area contributed by atoms with Gasteiger partial charge in [0.2, 0.25) is 11.8 Å². The number of alkyl carbamates (subject to hydrolysis) is 1. The van der Waals surface area contributed by atoms with Gasteiger partial charge in [-0.1, -0.05) is 83.1 Å². The minimum absolute atomic E-state index is 0.0606. The second-order valence-corrected chi connectivity index (χ2v) is 19.4. The van der Waals surface area contributed by atoms with Gasteiger partial charge in [-0.15, -0.1) is 0 Å². The SMILES string of the molecule is COC(=O)N[C@H](C(=O)N1C[C@H](F)C[C@H]1c1nc2ccc(-c3cc4ccc3CCc3ccc(c(-c5ccc6nc([C@@H]7C[C@@H](F)CN7C(=O)[C@@H](NC(=O)O)C(C)C)[nH]c6c5)c3)C[C@H]4C)cc2[nH]1)C(C)C. The molecule has 4 amide bonds. The normalized spacial score (nSPS) is 21.4. The second-order valence-electron chi connectivity index (χ2n) is 19.4. The first-order chi connectivity index (χ1) is 32.5. The number of H-pyrrole nitrogens is 2. The molecule has 16 heteroatoms. The fourth-order valence-electron chi connectivity index (χ4n) is 10.3. The first-order valence-electron chi connectivity index (χ1n) is 23.5. The zero-order chi connectivity index (χ0) is 48.1. The van der Waals surface area contributed by atoms with Crippen molar-refractivity contribution < 1.29 is 37.8 Å². The third-order valence-corrected chi connectivity index (χ3v) is 14.0. The average molecular weight is 929 g/mol. The number of nitrogens with zero attached hydrogens (tertiary/aromatic N) is 4. The maximum Gasteiger partial charge on any atom is 0.407 e. The van der Waals surface area contributed by atoms with Crippen LogP contribution in [0.15, 0.2) is 72.8 Å². The number of amides is 4. The maximum absolute atomic E-state index is 15.1. The lowest BCUT2D eigenvalue weighted by Gasteiger charge is -2.29. The van der Waals surface area contributed by atoms with Gasteiger partial charge in [-0.2, -0.15) is 0 Å². The van der Waals surface area contributed by atoms with Crippen molar-refractivity contribution in [1.29, 1.82) is 0 Å². The highest BCUT2D eigenvalue weighted by atomic mass is 19.1. The topological polar surface area (TPSA) is 186 Å². The molecule has 356 valence electrons. The summed E-state index contributed by atoms with van der Waals surface area (Å²) in [6.07, 6.45) is -2.07. The lowest BCUT2D eigenvalue weighted by molar-refractivity contribution is -0.136. The van der Waals surface area contributed by atoms with Gasteiger partial charge >= 0.3 is 12.2 Å². The molecular weight excluding hydrogens is 871 g/mol. The van der Waals surface area contributed by atoms with Crippen molar-refractivity contribution in [2.45, 2.75) is 109 Å². The van der Waals surface area contributed by atoms with E-state index >= 15 is 8.78 Å². The minimum Gasteiger partial charge on any atom is -0.465 e. The Morgan fingerprint density at radius 2 is 1.24 bits per heavy atom. The van der Waals surface area contributed by atoms with Crippen LogP contribution in [0.4, 0.5) is 18.4 Å². The monoisotopic (exact) mass is 928 g/mol. The minimum atomic E-state index is -1.31. The number of benzene rings is 4. The van der Waals surface area contributed by atoms with Crippen LogP contribution in [0.25, 0.3) is 44.3 Å². The highest BCUT2D eigenvalue weighted by molar-refractivity contribution is 5.88. The van der Waals surface area contributed by atoms with E-state index in [4.69, 9.17) is 14.7 Å². The molecule has 4 heterocycles. The van der Waals surface area contributed by atoms with Crippen LogP contribution in [0.5, 0.6) is 0 Å². The van der Waals surface area contributed by atoms with Gasteiger partial charge in [-0.3, -0.25) is 9.59 Å². The number of methoxy groups -OCH3 is 1. The number of nitrogens with one attached hydrogen (secondary N) is 4. The van der Waals surface area contributed by atoms with Gasteiger partial charge in [0.25, 0.3) is 0 Å². The molecular formula is C52H58F2N8O6. The molecule has 2 saturated heterocycles. The third kappa shape index (κ3) is 9.12. The van der Waals surface area contributed by atoms with Gasteiger partial charge in [0.15, 0.2) is 0 Å². The Balaban J connectivity index is 0.972. The summed E-state index contributed by atoms with van der Waals surface area (Å²) in [5.41, 5.74) is 11.9. The fourth-order valence-corrected chi connectivity index (χ4v) is 10.3. The molecule has 2 aliphatic heterocycles. The Hall–Kier alpha value is -6.84. The molecule has 4 aromatic carbocycles. The number of halogens is 2. The number of aromatic amines is 2. The first-order valence-corrected chi connectivity index (χ1v) is 23.5. The molecule has 2 fully saturated rings. The van der Waals surface area contributed by atoms with Crippen LogP contribution in [0.3, 0.4) is 0 Å². The summed E-state index contributed by atoms with van der Waals surface area (Å²) in [6, 6.07) is 22.4. The highest BCUT2D eigenvalue weighted by Crippen LogP contribution is 2.39. The summed E-state index contributed by atoms with van der Waals surface area (Å²) in [6.45, 7) is 9.14. The van der Waals surface area contributed by atoms with Crippen LogP contribution >= 0.6 is 0 Å². The Kier molecular flexibility index (Phi) is 12.7. The summed E-state index contributed by atoms with van der Waals surface area (Å²) < 4.78 is 34.9. The quantitative estimate of drug-likeness (QED) is 0.0901. The first kappa shape index (κ1) is 46.3. The van der Waals surface area contributed by atoms with Crippen molar-refractivity contribution in [3.8, 4) is 22.3 Å². The van der Waals surface area contributed by atoms with Crippen molar-refractivity contribution in [2.24, 2.45) is 11.8 Å². The molecule has 0 radical (unpaired) electrons. The van der Waals surface area contributed by atoms with E-state index in [9.17, 15) is 24.3 Å². The summed E-state index contributed by atoms with van der Waals surface area (Å²) in [4.78, 5) is 70.5. The number of carbonyl (C=O) groups is 4. The predicted octanol–water partition coefficient (Wildman–Crippen LogP) is 9.11. The number of alkyl halides is 2. The Labute approximate surface area is 393 Å². The molecule has 5 N–H and O–H groups in total. The largest absolute Gasteiger partial charge is 0.465 e. The molecule has 0 saturated carbocycles. The number of imidazole rings is 2. The van der Waals surface area contributed by atoms with E-state index in [1.54, 1.807) is 13.8 Å². The van der Waals surface area contributed by atoms with Crippen molar-refractivity contribution in [3.63, 3.8) is 0 Å². The van der Waals surface area contributed by atoms with Crippen LogP contribution < -0.4 is 10.6 Å². The number of hydrogen-bond acceptors (Lipinski definition) is 7. The zero-order valence-electron chi connectivity index (χ0n) is 39.1. The van der Waals surface area contributed by atoms with E-state index in [0.717, 1.165) is 52.5 Å². The summed E-state index contributed by atoms with van der Waals surface area (Å²) in [5.74, 6) is -0.337. The van der Waals surface area contributed by atoms with Crippen molar-refractivity contribution in [2.75, 3.05) is 20.2 Å². The maximum atomic E-state index is 15.1. The van der Waals surface area contributed by atoms with Crippen LogP contribution in [0, 0.1) is 11.8 Å². The molecule has 0 unspecified atom stereocenters. The molecule has 12 rings (SSSR count). The molecule has 68 heavy (non-hydrogen) atoms. The van der Waals surface area contributed by atoms with E-state index in [0.29, 0.717) is 22.7 Å². The molecule has 4 aliphatic carbocycles. The number of aromatic nitrogens is 4. The number of likely N-dealkylation sites (tertiary alicyclic amines) is 2. The predicted molar refractivity (Wildman–Crippen MR) is 254 cm³/mol. The number of aryl methyl sites for hydroxylation is 2. The molecule has 6 aromatic rings. The van der Waals surface area contributed by atoms with Gasteiger partial charge < -0.3 is 40.2 Å². The van der Waals surface area contributed by atoms with E-state index in [-0.39, 0.29) is 49.6 Å². The van der Waals surface area contributed by atoms with Crippen molar-refractivity contribution in [3.05, 3.63) is 107 Å². The summed E-state index contributed by atoms with van der Waals surface area (Å²) in [7, 11) is 1.24. The van der Waals surface area contributed by atoms with Crippen LogP contribution in [0.1, 0.15) is 99.4 Å². The summed E-state index contributed by atoms with van der Waals surface area (Å²) in [5, 5.41) is 14.3. The molecule has 7 atom stereocenters. The number of hydrogen-bond donors (Lipinski definition) is 5. The summed E-state index contributed by atoms with van der Waals surface area (Å²) >= 11 is 0. The van der Waals surface area contributed by atoms with Crippen LogP contribution in [-0.2, 0) is 33.6 Å². The Morgan fingerprint density at radius 1 is 0.706 bits per heavy atom. The van der Waals surface area contributed by atoms with Gasteiger partial charge in [0, 0.05) is 12.8 Å². The van der Waals surface area contributed by atoms with Crippen LogP contribution in [-0.4, -0.2) is 103 Å². The van der Waals surface area contributed by atoms with E-state index in [1.165, 1.54) is 39.2 Å². The zero-order valence-corrected chi connectivity index (χ0v) is 39.1. The number of fused-ring (bicyclic) bond motifs is 2. The lowest BCUT2D eigenvalue weighted by atomic mass is 9.84.